The Labute approximate surface area is 121 Å². The zero-order valence-corrected chi connectivity index (χ0v) is 11.2. The molecule has 3 rings (SSSR count). The molecule has 0 spiro atoms. The second-order valence-electron chi connectivity index (χ2n) is 4.93. The highest BCUT2D eigenvalue weighted by molar-refractivity contribution is 6.58. The zero-order valence-electron chi connectivity index (χ0n) is 11.2. The highest BCUT2D eigenvalue weighted by atomic mass is 19.1. The van der Waals surface area contributed by atoms with Gasteiger partial charge < -0.3 is 19.5 Å². The van der Waals surface area contributed by atoms with E-state index in [1.165, 1.54) is 12.1 Å². The Morgan fingerprint density at radius 2 is 2.05 bits per heavy atom. The van der Waals surface area contributed by atoms with E-state index in [0.717, 1.165) is 17.4 Å². The van der Waals surface area contributed by atoms with Crippen LogP contribution in [-0.4, -0.2) is 29.9 Å². The van der Waals surface area contributed by atoms with Crippen molar-refractivity contribution in [3.05, 3.63) is 53.8 Å². The summed E-state index contributed by atoms with van der Waals surface area (Å²) in [5.74, 6) is 0.265. The van der Waals surface area contributed by atoms with Crippen LogP contribution >= 0.6 is 0 Å². The van der Waals surface area contributed by atoms with Crippen molar-refractivity contribution in [2.75, 3.05) is 6.61 Å². The van der Waals surface area contributed by atoms with Crippen LogP contribution in [0.15, 0.2) is 42.5 Å². The van der Waals surface area contributed by atoms with Crippen LogP contribution in [0, 0.1) is 5.82 Å². The van der Waals surface area contributed by atoms with Gasteiger partial charge in [0.25, 0.3) is 0 Å². The summed E-state index contributed by atoms with van der Waals surface area (Å²) in [5, 5.41) is 18.2. The molecule has 6 heteroatoms. The predicted molar refractivity (Wildman–Crippen MR) is 76.3 cm³/mol. The highest BCUT2D eigenvalue weighted by Crippen LogP contribution is 2.28. The van der Waals surface area contributed by atoms with Gasteiger partial charge in [-0.1, -0.05) is 24.3 Å². The summed E-state index contributed by atoms with van der Waals surface area (Å²) >= 11 is 0. The maximum Gasteiger partial charge on any atom is 0.488 e. The van der Waals surface area contributed by atoms with Crippen molar-refractivity contribution in [1.29, 1.82) is 0 Å². The molecule has 2 aromatic rings. The molecule has 0 amide bonds. The molecule has 0 fully saturated rings. The van der Waals surface area contributed by atoms with Crippen molar-refractivity contribution in [3.63, 3.8) is 0 Å². The molecule has 1 aliphatic rings. The minimum absolute atomic E-state index is 0.0137. The molecule has 0 aliphatic carbocycles. The van der Waals surface area contributed by atoms with Gasteiger partial charge in [0.1, 0.15) is 18.5 Å². The molecule has 4 nitrogen and oxygen atoms in total. The molecule has 108 valence electrons. The van der Waals surface area contributed by atoms with E-state index < -0.39 is 12.9 Å². The lowest BCUT2D eigenvalue weighted by Crippen LogP contribution is -2.30. The fourth-order valence-corrected chi connectivity index (χ4v) is 2.32. The third-order valence-electron chi connectivity index (χ3n) is 3.39. The van der Waals surface area contributed by atoms with Crippen LogP contribution in [0.2, 0.25) is 0 Å². The molecule has 0 bridgehead atoms. The first kappa shape index (κ1) is 13.9. The second-order valence-corrected chi connectivity index (χ2v) is 4.93. The van der Waals surface area contributed by atoms with Crippen molar-refractivity contribution in [3.8, 4) is 11.5 Å². The first-order valence-electron chi connectivity index (χ1n) is 6.66. The Balaban J connectivity index is 1.65. The van der Waals surface area contributed by atoms with Gasteiger partial charge in [-0.3, -0.25) is 0 Å². The topological polar surface area (TPSA) is 58.9 Å². The molecule has 1 heterocycles. The van der Waals surface area contributed by atoms with E-state index in [2.05, 4.69) is 0 Å². The van der Waals surface area contributed by atoms with Gasteiger partial charge in [0.2, 0.25) is 0 Å². The summed E-state index contributed by atoms with van der Waals surface area (Å²) in [6.45, 7) is 0.191. The predicted octanol–water partition coefficient (Wildman–Crippen LogP) is 0.888. The average molecular weight is 288 g/mol. The first-order valence-corrected chi connectivity index (χ1v) is 6.66. The van der Waals surface area contributed by atoms with Crippen molar-refractivity contribution in [2.24, 2.45) is 0 Å². The highest BCUT2D eigenvalue weighted by Gasteiger charge is 2.23. The van der Waals surface area contributed by atoms with Crippen LogP contribution in [-0.2, 0) is 6.42 Å². The number of hydrogen-bond donors (Lipinski definition) is 2. The number of hydrogen-bond acceptors (Lipinski definition) is 4. The van der Waals surface area contributed by atoms with E-state index in [4.69, 9.17) is 19.5 Å². The van der Waals surface area contributed by atoms with Gasteiger partial charge in [-0.25, -0.2) is 4.39 Å². The van der Waals surface area contributed by atoms with Gasteiger partial charge in [-0.05, 0) is 29.2 Å². The van der Waals surface area contributed by atoms with Gasteiger partial charge in [-0.15, -0.1) is 0 Å². The summed E-state index contributed by atoms with van der Waals surface area (Å²) < 4.78 is 24.8. The van der Waals surface area contributed by atoms with Crippen LogP contribution in [0.25, 0.3) is 0 Å². The number of rotatable bonds is 4. The Morgan fingerprint density at radius 1 is 1.24 bits per heavy atom. The van der Waals surface area contributed by atoms with Crippen LogP contribution in [0.3, 0.4) is 0 Å². The minimum Gasteiger partial charge on any atom is -0.487 e. The summed E-state index contributed by atoms with van der Waals surface area (Å²) in [6, 6.07) is 11.4. The fourth-order valence-electron chi connectivity index (χ4n) is 2.32. The van der Waals surface area contributed by atoms with Crippen LogP contribution in [0.1, 0.15) is 5.56 Å². The standard InChI is InChI=1S/C15H14BFO4/c17-13-6-5-11(16(18)19)8-15(13)20-9-12-7-10-3-1-2-4-14(10)21-12/h1-6,8,12,18-19H,7,9H2. The summed E-state index contributed by atoms with van der Waals surface area (Å²) in [6.07, 6.45) is 0.532. The lowest BCUT2D eigenvalue weighted by Gasteiger charge is -2.13. The third kappa shape index (κ3) is 3.01. The molecule has 1 atom stereocenters. The molecule has 21 heavy (non-hydrogen) atoms. The van der Waals surface area contributed by atoms with E-state index in [1.807, 2.05) is 24.3 Å². The molecule has 0 saturated heterocycles. The maximum absolute atomic E-state index is 13.6. The molecule has 2 aromatic carbocycles. The largest absolute Gasteiger partial charge is 0.488 e. The number of fused-ring (bicyclic) bond motifs is 1. The summed E-state index contributed by atoms with van der Waals surface area (Å²) in [7, 11) is -1.65. The lowest BCUT2D eigenvalue weighted by molar-refractivity contribution is 0.145. The molecular weight excluding hydrogens is 274 g/mol. The third-order valence-corrected chi connectivity index (χ3v) is 3.39. The monoisotopic (exact) mass is 288 g/mol. The van der Waals surface area contributed by atoms with Gasteiger partial charge >= 0.3 is 7.12 Å². The molecule has 0 saturated carbocycles. The average Bonchev–Trinajstić information content (AvgIpc) is 2.89. The van der Waals surface area contributed by atoms with Crippen molar-refractivity contribution >= 4 is 12.6 Å². The van der Waals surface area contributed by atoms with E-state index in [-0.39, 0.29) is 23.9 Å². The van der Waals surface area contributed by atoms with Crippen molar-refractivity contribution in [1.82, 2.24) is 0 Å². The summed E-state index contributed by atoms with van der Waals surface area (Å²) in [4.78, 5) is 0. The van der Waals surface area contributed by atoms with Crippen molar-refractivity contribution < 1.29 is 23.9 Å². The van der Waals surface area contributed by atoms with Gasteiger partial charge in [0, 0.05) is 6.42 Å². The smallest absolute Gasteiger partial charge is 0.487 e. The van der Waals surface area contributed by atoms with Gasteiger partial charge in [-0.2, -0.15) is 0 Å². The molecule has 1 aliphatic heterocycles. The molecule has 0 radical (unpaired) electrons. The Morgan fingerprint density at radius 3 is 2.81 bits per heavy atom. The molecular formula is C15H14BFO4. The second kappa shape index (κ2) is 5.75. The van der Waals surface area contributed by atoms with Crippen LogP contribution < -0.4 is 14.9 Å². The van der Waals surface area contributed by atoms with Gasteiger partial charge in [0.15, 0.2) is 11.6 Å². The molecule has 2 N–H and O–H groups in total. The lowest BCUT2D eigenvalue weighted by atomic mass is 9.80. The molecule has 1 unspecified atom stereocenters. The zero-order chi connectivity index (χ0) is 14.8. The Bertz CT molecular complexity index is 622. The quantitative estimate of drug-likeness (QED) is 0.820. The number of para-hydroxylation sites is 1. The SMILES string of the molecule is OB(O)c1ccc(F)c(OCC2Cc3ccccc3O2)c1. The summed E-state index contributed by atoms with van der Waals surface area (Å²) in [5.41, 5.74) is 1.29. The van der Waals surface area contributed by atoms with E-state index >= 15 is 0 Å². The first-order chi connectivity index (χ1) is 10.1. The van der Waals surface area contributed by atoms with Gasteiger partial charge in [0.05, 0.1) is 0 Å². The van der Waals surface area contributed by atoms with E-state index in [1.54, 1.807) is 0 Å². The number of halogens is 1. The van der Waals surface area contributed by atoms with E-state index in [9.17, 15) is 4.39 Å². The van der Waals surface area contributed by atoms with E-state index in [0.29, 0.717) is 6.42 Å². The van der Waals surface area contributed by atoms with Crippen LogP contribution in [0.4, 0.5) is 4.39 Å². The Hall–Kier alpha value is -2.05. The van der Waals surface area contributed by atoms with Crippen LogP contribution in [0.5, 0.6) is 11.5 Å². The minimum atomic E-state index is -1.65. The van der Waals surface area contributed by atoms with Crippen molar-refractivity contribution in [2.45, 2.75) is 12.5 Å². The maximum atomic E-state index is 13.6. The number of ether oxygens (including phenoxy) is 2. The molecule has 0 aromatic heterocycles. The Kier molecular flexibility index (Phi) is 3.81. The normalized spacial score (nSPS) is 16.2. The number of benzene rings is 2. The fraction of sp³-hybridized carbons (Fsp3) is 0.200.